The van der Waals surface area contributed by atoms with Crippen LogP contribution in [0.2, 0.25) is 0 Å². The highest BCUT2D eigenvalue weighted by atomic mass is 32.2. The summed E-state index contributed by atoms with van der Waals surface area (Å²) < 4.78 is 60.3. The fourth-order valence-electron chi connectivity index (χ4n) is 3.21. The summed E-state index contributed by atoms with van der Waals surface area (Å²) in [6.07, 6.45) is 2.43. The number of furan rings is 1. The number of halogens is 1. The number of carbonyl (C=O) groups excluding carboxylic acids is 1. The van der Waals surface area contributed by atoms with Gasteiger partial charge in [-0.15, -0.1) is 0 Å². The molecule has 0 aliphatic heterocycles. The standard InChI is InChI=1S/C26H30FN3O5S2/c1-17(18-7-9-21(27)10-8-18)29-25(31)20-13-19(14-22(15-20)30(5)37(6,33)34)24-12-11-23(35-24)16-28-36(32)26(2,3)4/h7-17H,1-6H3,(H,29,31)/t17-,36?/m1/s1. The first-order valence-electron chi connectivity index (χ1n) is 11.4. The maximum absolute atomic E-state index is 13.3. The molecule has 0 saturated heterocycles. The zero-order valence-electron chi connectivity index (χ0n) is 21.5. The lowest BCUT2D eigenvalue weighted by Crippen LogP contribution is -2.28. The Morgan fingerprint density at radius 1 is 1.14 bits per heavy atom. The summed E-state index contributed by atoms with van der Waals surface area (Å²) in [7, 11) is -3.69. The molecule has 1 heterocycles. The Kier molecular flexibility index (Phi) is 8.38. The van der Waals surface area contributed by atoms with E-state index in [1.54, 1.807) is 64.1 Å². The molecule has 3 rings (SSSR count). The van der Waals surface area contributed by atoms with E-state index in [0.717, 1.165) is 10.6 Å². The maximum Gasteiger partial charge on any atom is 0.251 e. The van der Waals surface area contributed by atoms with Gasteiger partial charge in [-0.1, -0.05) is 12.1 Å². The average molecular weight is 548 g/mol. The number of carbonyl (C=O) groups is 1. The Balaban J connectivity index is 1.96. The zero-order valence-corrected chi connectivity index (χ0v) is 23.1. The predicted molar refractivity (Wildman–Crippen MR) is 145 cm³/mol. The number of hydrogen-bond acceptors (Lipinski definition) is 5. The van der Waals surface area contributed by atoms with Crippen LogP contribution in [0.5, 0.6) is 0 Å². The summed E-state index contributed by atoms with van der Waals surface area (Å²) in [5.74, 6) is -0.107. The summed E-state index contributed by atoms with van der Waals surface area (Å²) in [5, 5.41) is 2.85. The lowest BCUT2D eigenvalue weighted by atomic mass is 10.0. The van der Waals surface area contributed by atoms with Crippen molar-refractivity contribution >= 4 is 38.8 Å². The molecule has 1 unspecified atom stereocenters. The van der Waals surface area contributed by atoms with Gasteiger partial charge in [0.05, 0.1) is 28.9 Å². The van der Waals surface area contributed by atoms with Crippen molar-refractivity contribution in [1.29, 1.82) is 0 Å². The molecule has 2 aromatic carbocycles. The molecular weight excluding hydrogens is 517 g/mol. The number of rotatable bonds is 8. The highest BCUT2D eigenvalue weighted by molar-refractivity contribution is 7.92. The topological polar surface area (TPSA) is 109 Å². The van der Waals surface area contributed by atoms with Gasteiger partial charge in [-0.25, -0.2) is 17.0 Å². The van der Waals surface area contributed by atoms with Crippen LogP contribution in [0, 0.1) is 5.82 Å². The molecule has 0 radical (unpaired) electrons. The molecule has 1 aromatic heterocycles. The van der Waals surface area contributed by atoms with E-state index in [9.17, 15) is 21.8 Å². The van der Waals surface area contributed by atoms with Crippen LogP contribution >= 0.6 is 0 Å². The zero-order chi connectivity index (χ0) is 27.5. The molecule has 0 aliphatic carbocycles. The van der Waals surface area contributed by atoms with Crippen LogP contribution < -0.4 is 9.62 Å². The first kappa shape index (κ1) is 28.3. The molecule has 1 amide bonds. The van der Waals surface area contributed by atoms with E-state index in [1.165, 1.54) is 31.5 Å². The largest absolute Gasteiger partial charge is 0.455 e. The minimum absolute atomic E-state index is 0.206. The van der Waals surface area contributed by atoms with Gasteiger partial charge in [0, 0.05) is 18.2 Å². The molecule has 0 bridgehead atoms. The van der Waals surface area contributed by atoms with E-state index >= 15 is 0 Å². The SMILES string of the molecule is C[C@@H](NC(=O)c1cc(-c2ccc(C=NS(=O)C(C)(C)C)o2)cc(N(C)S(C)(=O)=O)c1)c1ccc(F)cc1. The normalized spacial score (nSPS) is 13.9. The number of nitrogens with one attached hydrogen (secondary N) is 1. The quantitative estimate of drug-likeness (QED) is 0.406. The Hall–Kier alpha value is -3.31. The third-order valence-electron chi connectivity index (χ3n) is 5.47. The fraction of sp³-hybridized carbons (Fsp3) is 0.308. The van der Waals surface area contributed by atoms with Crippen molar-refractivity contribution in [2.24, 2.45) is 4.40 Å². The van der Waals surface area contributed by atoms with Crippen molar-refractivity contribution in [2.75, 3.05) is 17.6 Å². The average Bonchev–Trinajstić information content (AvgIpc) is 3.30. The smallest absolute Gasteiger partial charge is 0.251 e. The van der Waals surface area contributed by atoms with Crippen LogP contribution in [0.1, 0.15) is 55.4 Å². The fourth-order valence-corrected chi connectivity index (χ4v) is 4.21. The molecule has 1 N–H and O–H groups in total. The summed E-state index contributed by atoms with van der Waals surface area (Å²) in [6, 6.07) is 13.3. The first-order valence-corrected chi connectivity index (χ1v) is 14.3. The van der Waals surface area contributed by atoms with Crippen LogP contribution in [0.3, 0.4) is 0 Å². The number of sulfonamides is 1. The number of anilines is 1. The number of benzene rings is 2. The molecule has 0 fully saturated rings. The van der Waals surface area contributed by atoms with Crippen molar-refractivity contribution in [1.82, 2.24) is 5.32 Å². The van der Waals surface area contributed by atoms with Gasteiger partial charge in [0.25, 0.3) is 5.91 Å². The minimum Gasteiger partial charge on any atom is -0.455 e. The van der Waals surface area contributed by atoms with Gasteiger partial charge >= 0.3 is 0 Å². The van der Waals surface area contributed by atoms with Crippen molar-refractivity contribution in [3.63, 3.8) is 0 Å². The summed E-state index contributed by atoms with van der Waals surface area (Å²) >= 11 is 0. The maximum atomic E-state index is 13.3. The van der Waals surface area contributed by atoms with Gasteiger partial charge in [-0.2, -0.15) is 4.40 Å². The molecule has 11 heteroatoms. The number of hydrogen-bond donors (Lipinski definition) is 1. The molecule has 0 spiro atoms. The minimum atomic E-state index is -3.61. The first-order chi connectivity index (χ1) is 17.1. The lowest BCUT2D eigenvalue weighted by Gasteiger charge is -2.19. The van der Waals surface area contributed by atoms with E-state index in [2.05, 4.69) is 9.71 Å². The van der Waals surface area contributed by atoms with Gasteiger partial charge in [-0.3, -0.25) is 9.10 Å². The lowest BCUT2D eigenvalue weighted by molar-refractivity contribution is 0.0940. The second-order valence-corrected chi connectivity index (χ2v) is 13.5. The second kappa shape index (κ2) is 11.0. The molecule has 37 heavy (non-hydrogen) atoms. The van der Waals surface area contributed by atoms with Crippen LogP contribution in [0.25, 0.3) is 11.3 Å². The Morgan fingerprint density at radius 3 is 2.38 bits per heavy atom. The van der Waals surface area contributed by atoms with Crippen molar-refractivity contribution in [3.8, 4) is 11.3 Å². The van der Waals surface area contributed by atoms with Gasteiger partial charge < -0.3 is 9.73 Å². The van der Waals surface area contributed by atoms with Crippen molar-refractivity contribution < 1.29 is 26.2 Å². The molecule has 0 aliphatic rings. The highest BCUT2D eigenvalue weighted by Gasteiger charge is 2.20. The molecule has 3 aromatic rings. The van der Waals surface area contributed by atoms with Crippen LogP contribution in [0.4, 0.5) is 10.1 Å². The molecule has 198 valence electrons. The molecular formula is C26H30FN3O5S2. The van der Waals surface area contributed by atoms with E-state index in [-0.39, 0.29) is 17.1 Å². The Bertz CT molecular complexity index is 1440. The molecule has 8 nitrogen and oxygen atoms in total. The third-order valence-corrected chi connectivity index (χ3v) is 8.02. The second-order valence-electron chi connectivity index (χ2n) is 9.54. The summed E-state index contributed by atoms with van der Waals surface area (Å²) in [5.41, 5.74) is 1.64. The van der Waals surface area contributed by atoms with Gasteiger partial charge in [0.1, 0.15) is 28.3 Å². The Morgan fingerprint density at radius 2 is 1.78 bits per heavy atom. The van der Waals surface area contributed by atoms with Gasteiger partial charge in [0.2, 0.25) is 10.0 Å². The van der Waals surface area contributed by atoms with Crippen molar-refractivity contribution in [3.05, 3.63) is 77.3 Å². The van der Waals surface area contributed by atoms with Gasteiger partial charge in [-0.05, 0) is 75.7 Å². The van der Waals surface area contributed by atoms with E-state index in [0.29, 0.717) is 22.6 Å². The highest BCUT2D eigenvalue weighted by Crippen LogP contribution is 2.29. The summed E-state index contributed by atoms with van der Waals surface area (Å²) in [6.45, 7) is 7.18. The number of amides is 1. The van der Waals surface area contributed by atoms with E-state index in [4.69, 9.17) is 4.42 Å². The van der Waals surface area contributed by atoms with Crippen molar-refractivity contribution in [2.45, 2.75) is 38.5 Å². The monoisotopic (exact) mass is 547 g/mol. The Labute approximate surface area is 219 Å². The van der Waals surface area contributed by atoms with E-state index < -0.39 is 37.7 Å². The van der Waals surface area contributed by atoms with Crippen LogP contribution in [-0.2, 0) is 21.0 Å². The van der Waals surface area contributed by atoms with E-state index in [1.807, 2.05) is 0 Å². The molecule has 2 atom stereocenters. The molecule has 0 saturated carbocycles. The van der Waals surface area contributed by atoms with Gasteiger partial charge in [0.15, 0.2) is 0 Å². The van der Waals surface area contributed by atoms with Crippen LogP contribution in [0.15, 0.2) is 63.4 Å². The third kappa shape index (κ3) is 7.36. The summed E-state index contributed by atoms with van der Waals surface area (Å²) in [4.78, 5) is 13.1. The predicted octanol–water partition coefficient (Wildman–Crippen LogP) is 4.85. The van der Waals surface area contributed by atoms with Crippen LogP contribution in [-0.4, -0.2) is 42.8 Å². The number of nitrogens with zero attached hydrogens (tertiary/aromatic N) is 2.